The Bertz CT molecular complexity index is 1110. The lowest BCUT2D eigenvalue weighted by Crippen LogP contribution is -2.57. The normalized spacial score (nSPS) is 17.5. The first-order valence-electron chi connectivity index (χ1n) is 10.3. The van der Waals surface area contributed by atoms with Crippen molar-refractivity contribution in [3.63, 3.8) is 0 Å². The molecule has 1 saturated heterocycles. The van der Waals surface area contributed by atoms with E-state index in [2.05, 4.69) is 4.98 Å². The van der Waals surface area contributed by atoms with Crippen LogP contribution in [0.2, 0.25) is 0 Å². The molecule has 2 amide bonds. The second-order valence-electron chi connectivity index (χ2n) is 7.70. The van der Waals surface area contributed by atoms with Gasteiger partial charge in [-0.2, -0.15) is 0 Å². The van der Waals surface area contributed by atoms with E-state index in [0.717, 1.165) is 0 Å². The van der Waals surface area contributed by atoms with Crippen LogP contribution in [0.1, 0.15) is 24.2 Å². The Labute approximate surface area is 180 Å². The molecule has 2 aromatic carbocycles. The second-order valence-corrected chi connectivity index (χ2v) is 7.70. The molecule has 31 heavy (non-hydrogen) atoms. The van der Waals surface area contributed by atoms with E-state index < -0.39 is 11.9 Å². The zero-order valence-corrected chi connectivity index (χ0v) is 17.5. The van der Waals surface area contributed by atoms with Gasteiger partial charge >= 0.3 is 0 Å². The van der Waals surface area contributed by atoms with Crippen LogP contribution in [0.25, 0.3) is 10.9 Å². The molecule has 1 aromatic heterocycles. The van der Waals surface area contributed by atoms with Crippen molar-refractivity contribution < 1.29 is 18.7 Å². The van der Waals surface area contributed by atoms with Gasteiger partial charge in [0.25, 0.3) is 11.8 Å². The van der Waals surface area contributed by atoms with E-state index >= 15 is 0 Å². The summed E-state index contributed by atoms with van der Waals surface area (Å²) in [7, 11) is 0. The van der Waals surface area contributed by atoms with Crippen LogP contribution >= 0.6 is 0 Å². The largest absolute Gasteiger partial charge is 0.480 e. The number of benzene rings is 2. The molecule has 2 atom stereocenters. The highest BCUT2D eigenvalue weighted by atomic mass is 19.1. The number of hydrogen-bond acceptors (Lipinski definition) is 4. The summed E-state index contributed by atoms with van der Waals surface area (Å²) in [5.41, 5.74) is 0.851. The summed E-state index contributed by atoms with van der Waals surface area (Å²) < 4.78 is 19.9. The molecule has 0 bridgehead atoms. The van der Waals surface area contributed by atoms with Gasteiger partial charge in [0.15, 0.2) is 6.10 Å². The molecule has 0 N–H and O–H groups in total. The molecule has 3 aromatic rings. The highest BCUT2D eigenvalue weighted by Crippen LogP contribution is 2.27. The molecule has 1 unspecified atom stereocenters. The van der Waals surface area contributed by atoms with Gasteiger partial charge in [-0.25, -0.2) is 4.39 Å². The van der Waals surface area contributed by atoms with Crippen molar-refractivity contribution >= 4 is 22.7 Å². The van der Waals surface area contributed by atoms with E-state index in [4.69, 9.17) is 4.74 Å². The van der Waals surface area contributed by atoms with E-state index in [9.17, 15) is 14.0 Å². The number of fused-ring (bicyclic) bond motifs is 1. The van der Waals surface area contributed by atoms with Crippen molar-refractivity contribution in [2.75, 3.05) is 19.6 Å². The lowest BCUT2D eigenvalue weighted by Gasteiger charge is -2.40. The Hall–Kier alpha value is -3.48. The summed E-state index contributed by atoms with van der Waals surface area (Å²) in [6.45, 7) is 4.95. The van der Waals surface area contributed by atoms with Crippen molar-refractivity contribution in [3.05, 3.63) is 72.2 Å². The maximum Gasteiger partial charge on any atom is 0.263 e. The quantitative estimate of drug-likeness (QED) is 0.647. The van der Waals surface area contributed by atoms with Crippen LogP contribution in [0.3, 0.4) is 0 Å². The molecule has 0 aliphatic carbocycles. The number of piperazine rings is 1. The van der Waals surface area contributed by atoms with Gasteiger partial charge in [0, 0.05) is 42.8 Å². The van der Waals surface area contributed by atoms with Crippen molar-refractivity contribution in [1.29, 1.82) is 0 Å². The molecule has 160 valence electrons. The zero-order chi connectivity index (χ0) is 22.0. The molecule has 0 saturated carbocycles. The Morgan fingerprint density at radius 3 is 2.61 bits per heavy atom. The number of amides is 2. The van der Waals surface area contributed by atoms with E-state index in [1.807, 2.05) is 25.1 Å². The third-order valence-corrected chi connectivity index (χ3v) is 5.55. The standard InChI is InChI=1S/C24H24FN3O3/c1-16-15-27(24(30)18-7-4-3-5-8-18)13-14-28(16)23(29)17(2)31-21-11-10-20(25)22-19(21)9-6-12-26-22/h3-12,16-17H,13-15H2,1-2H3/t16-,17?/m1/s1. The summed E-state index contributed by atoms with van der Waals surface area (Å²) >= 11 is 0. The Morgan fingerprint density at radius 2 is 1.87 bits per heavy atom. The predicted molar refractivity (Wildman–Crippen MR) is 115 cm³/mol. The second kappa shape index (κ2) is 8.71. The smallest absolute Gasteiger partial charge is 0.263 e. The minimum Gasteiger partial charge on any atom is -0.480 e. The molecular weight excluding hydrogens is 397 g/mol. The summed E-state index contributed by atoms with van der Waals surface area (Å²) in [4.78, 5) is 33.3. The number of hydrogen-bond donors (Lipinski definition) is 0. The zero-order valence-electron chi connectivity index (χ0n) is 17.5. The summed E-state index contributed by atoms with van der Waals surface area (Å²) in [5, 5.41) is 0.522. The molecule has 1 aliphatic heterocycles. The van der Waals surface area contributed by atoms with Gasteiger partial charge in [0.2, 0.25) is 0 Å². The van der Waals surface area contributed by atoms with Crippen molar-refractivity contribution in [3.8, 4) is 5.75 Å². The maximum atomic E-state index is 14.0. The van der Waals surface area contributed by atoms with E-state index in [0.29, 0.717) is 36.3 Å². The van der Waals surface area contributed by atoms with Gasteiger partial charge < -0.3 is 14.5 Å². The van der Waals surface area contributed by atoms with E-state index in [1.54, 1.807) is 41.0 Å². The first-order valence-corrected chi connectivity index (χ1v) is 10.3. The monoisotopic (exact) mass is 421 g/mol. The molecule has 2 heterocycles. The Balaban J connectivity index is 1.43. The lowest BCUT2D eigenvalue weighted by atomic mass is 10.1. The molecule has 0 radical (unpaired) electrons. The summed E-state index contributed by atoms with van der Waals surface area (Å²) in [5.74, 6) is -0.222. The summed E-state index contributed by atoms with van der Waals surface area (Å²) in [6, 6.07) is 15.2. The van der Waals surface area contributed by atoms with Crippen LogP contribution in [0, 0.1) is 5.82 Å². The van der Waals surface area contributed by atoms with Crippen molar-refractivity contribution in [1.82, 2.24) is 14.8 Å². The molecule has 4 rings (SSSR count). The number of rotatable bonds is 4. The van der Waals surface area contributed by atoms with Gasteiger partial charge in [0.05, 0.1) is 0 Å². The fraction of sp³-hybridized carbons (Fsp3) is 0.292. The SMILES string of the molecule is CC(Oc1ccc(F)c2ncccc12)C(=O)N1CCN(C(=O)c2ccccc2)C[C@H]1C. The highest BCUT2D eigenvalue weighted by molar-refractivity contribution is 5.94. The molecular formula is C24H24FN3O3. The number of ether oxygens (including phenoxy) is 1. The van der Waals surface area contributed by atoms with Crippen molar-refractivity contribution in [2.24, 2.45) is 0 Å². The van der Waals surface area contributed by atoms with Gasteiger partial charge in [-0.05, 0) is 50.2 Å². The molecule has 1 fully saturated rings. The van der Waals surface area contributed by atoms with Crippen LogP contribution in [0.15, 0.2) is 60.8 Å². The molecule has 0 spiro atoms. The van der Waals surface area contributed by atoms with Gasteiger partial charge in [-0.1, -0.05) is 18.2 Å². The van der Waals surface area contributed by atoms with Crippen LogP contribution in [-0.4, -0.2) is 58.4 Å². The predicted octanol–water partition coefficient (Wildman–Crippen LogP) is 3.51. The van der Waals surface area contributed by atoms with Gasteiger partial charge in [-0.15, -0.1) is 0 Å². The Kier molecular flexibility index (Phi) is 5.84. The number of nitrogens with zero attached hydrogens (tertiary/aromatic N) is 3. The third-order valence-electron chi connectivity index (χ3n) is 5.55. The molecule has 1 aliphatic rings. The third kappa shape index (κ3) is 4.21. The van der Waals surface area contributed by atoms with Crippen LogP contribution in [0.5, 0.6) is 5.75 Å². The number of carbonyl (C=O) groups excluding carboxylic acids is 2. The van der Waals surface area contributed by atoms with Crippen LogP contribution in [-0.2, 0) is 4.79 Å². The lowest BCUT2D eigenvalue weighted by molar-refractivity contribution is -0.142. The summed E-state index contributed by atoms with van der Waals surface area (Å²) in [6.07, 6.45) is 0.759. The highest BCUT2D eigenvalue weighted by Gasteiger charge is 2.33. The molecule has 7 heteroatoms. The average molecular weight is 421 g/mol. The van der Waals surface area contributed by atoms with E-state index in [-0.39, 0.29) is 23.4 Å². The average Bonchev–Trinajstić information content (AvgIpc) is 2.80. The number of aromatic nitrogens is 1. The minimum atomic E-state index is -0.757. The molecule has 6 nitrogen and oxygen atoms in total. The first-order chi connectivity index (χ1) is 15.0. The van der Waals surface area contributed by atoms with Crippen molar-refractivity contribution in [2.45, 2.75) is 26.0 Å². The Morgan fingerprint density at radius 1 is 1.10 bits per heavy atom. The number of pyridine rings is 1. The van der Waals surface area contributed by atoms with Gasteiger partial charge in [0.1, 0.15) is 17.1 Å². The number of halogens is 1. The topological polar surface area (TPSA) is 62.7 Å². The fourth-order valence-electron chi connectivity index (χ4n) is 3.92. The first kappa shape index (κ1) is 20.8. The fourth-order valence-corrected chi connectivity index (χ4v) is 3.92. The van der Waals surface area contributed by atoms with E-state index in [1.165, 1.54) is 18.3 Å². The maximum absolute atomic E-state index is 14.0. The minimum absolute atomic E-state index is 0.0332. The van der Waals surface area contributed by atoms with Gasteiger partial charge in [-0.3, -0.25) is 14.6 Å². The van der Waals surface area contributed by atoms with Crippen LogP contribution < -0.4 is 4.74 Å². The van der Waals surface area contributed by atoms with Crippen LogP contribution in [0.4, 0.5) is 4.39 Å². The number of carbonyl (C=O) groups is 2.